The maximum absolute atomic E-state index is 2.63. The van der Waals surface area contributed by atoms with Crippen molar-refractivity contribution in [1.29, 1.82) is 0 Å². The van der Waals surface area contributed by atoms with Crippen molar-refractivity contribution in [2.24, 2.45) is 0 Å². The molecule has 84 valence electrons. The van der Waals surface area contributed by atoms with Gasteiger partial charge in [-0.05, 0) is 53.4 Å². The molecule has 0 aromatic rings. The van der Waals surface area contributed by atoms with Crippen LogP contribution in [-0.4, -0.2) is 53.0 Å². The summed E-state index contributed by atoms with van der Waals surface area (Å²) in [5, 5.41) is 0. The van der Waals surface area contributed by atoms with Crippen LogP contribution in [0, 0.1) is 0 Å². The van der Waals surface area contributed by atoms with Crippen LogP contribution in [0.15, 0.2) is 0 Å². The molecule has 0 saturated carbocycles. The second kappa shape index (κ2) is 6.28. The molecule has 0 aromatic heterocycles. The van der Waals surface area contributed by atoms with Crippen molar-refractivity contribution >= 4 is 22.6 Å². The van der Waals surface area contributed by atoms with Gasteiger partial charge in [0.1, 0.15) is 0 Å². The molecule has 0 aliphatic carbocycles. The normalized spacial score (nSPS) is 20.1. The summed E-state index contributed by atoms with van der Waals surface area (Å²) < 4.78 is 1.28. The first kappa shape index (κ1) is 12.7. The second-order valence-electron chi connectivity index (χ2n) is 4.56. The Morgan fingerprint density at radius 2 is 2.00 bits per heavy atom. The van der Waals surface area contributed by atoms with Gasteiger partial charge >= 0.3 is 0 Å². The van der Waals surface area contributed by atoms with E-state index < -0.39 is 0 Å². The molecule has 0 radical (unpaired) electrons. The molecule has 1 aliphatic heterocycles. The average Bonchev–Trinajstić information content (AvgIpc) is 2.07. The standard InChI is InChI=1S/C11H23IN2/c1-10(2)13(3)8-5-11(9-12)14-6-4-7-14/h10-11H,4-9H2,1-3H3. The lowest BCUT2D eigenvalue weighted by atomic mass is 10.1. The van der Waals surface area contributed by atoms with Crippen molar-refractivity contribution in [2.75, 3.05) is 31.1 Å². The third kappa shape index (κ3) is 3.66. The predicted molar refractivity (Wildman–Crippen MR) is 71.2 cm³/mol. The lowest BCUT2D eigenvalue weighted by molar-refractivity contribution is 0.115. The first-order valence-electron chi connectivity index (χ1n) is 5.65. The van der Waals surface area contributed by atoms with Gasteiger partial charge in [0, 0.05) is 16.5 Å². The minimum atomic E-state index is 0.682. The Hall–Kier alpha value is 0.650. The number of hydrogen-bond donors (Lipinski definition) is 0. The Balaban J connectivity index is 2.19. The summed E-state index contributed by atoms with van der Waals surface area (Å²) in [5.74, 6) is 0. The Labute approximate surface area is 102 Å². The Kier molecular flexibility index (Phi) is 5.71. The van der Waals surface area contributed by atoms with E-state index in [2.05, 4.69) is 53.3 Å². The van der Waals surface area contributed by atoms with Gasteiger partial charge < -0.3 is 4.90 Å². The largest absolute Gasteiger partial charge is 0.304 e. The lowest BCUT2D eigenvalue weighted by Gasteiger charge is -2.38. The number of hydrogen-bond acceptors (Lipinski definition) is 2. The fourth-order valence-corrected chi connectivity index (χ4v) is 2.67. The Bertz CT molecular complexity index is 157. The molecule has 1 unspecified atom stereocenters. The van der Waals surface area contributed by atoms with Crippen LogP contribution in [0.25, 0.3) is 0 Å². The monoisotopic (exact) mass is 310 g/mol. The van der Waals surface area contributed by atoms with Crippen LogP contribution in [-0.2, 0) is 0 Å². The van der Waals surface area contributed by atoms with E-state index >= 15 is 0 Å². The van der Waals surface area contributed by atoms with Crippen LogP contribution in [0.5, 0.6) is 0 Å². The quantitative estimate of drug-likeness (QED) is 0.548. The summed E-state index contributed by atoms with van der Waals surface area (Å²) in [7, 11) is 2.23. The SMILES string of the molecule is CC(C)N(C)CCC(CI)N1CCC1. The van der Waals surface area contributed by atoms with Gasteiger partial charge in [0.15, 0.2) is 0 Å². The van der Waals surface area contributed by atoms with Crippen molar-refractivity contribution < 1.29 is 0 Å². The minimum absolute atomic E-state index is 0.682. The number of rotatable bonds is 6. The molecule has 1 rings (SSSR count). The minimum Gasteiger partial charge on any atom is -0.304 e. The van der Waals surface area contributed by atoms with Crippen molar-refractivity contribution in [3.63, 3.8) is 0 Å². The van der Waals surface area contributed by atoms with Crippen LogP contribution in [0.2, 0.25) is 0 Å². The summed E-state index contributed by atoms with van der Waals surface area (Å²) in [4.78, 5) is 5.07. The van der Waals surface area contributed by atoms with E-state index in [9.17, 15) is 0 Å². The third-order valence-electron chi connectivity index (χ3n) is 3.28. The Morgan fingerprint density at radius 3 is 2.36 bits per heavy atom. The highest BCUT2D eigenvalue weighted by Crippen LogP contribution is 2.16. The van der Waals surface area contributed by atoms with Crippen LogP contribution in [0.3, 0.4) is 0 Å². The first-order valence-corrected chi connectivity index (χ1v) is 7.18. The van der Waals surface area contributed by atoms with Crippen molar-refractivity contribution in [3.8, 4) is 0 Å². The second-order valence-corrected chi connectivity index (χ2v) is 5.44. The Morgan fingerprint density at radius 1 is 1.36 bits per heavy atom. The number of nitrogens with zero attached hydrogens (tertiary/aromatic N) is 2. The molecular weight excluding hydrogens is 287 g/mol. The molecule has 0 bridgehead atoms. The van der Waals surface area contributed by atoms with E-state index in [1.54, 1.807) is 0 Å². The summed E-state index contributed by atoms with van der Waals surface area (Å²) in [5.41, 5.74) is 0. The van der Waals surface area contributed by atoms with Crippen LogP contribution in [0.1, 0.15) is 26.7 Å². The van der Waals surface area contributed by atoms with Crippen LogP contribution < -0.4 is 0 Å². The van der Waals surface area contributed by atoms with E-state index in [0.29, 0.717) is 6.04 Å². The van der Waals surface area contributed by atoms with E-state index in [-0.39, 0.29) is 0 Å². The van der Waals surface area contributed by atoms with Crippen LogP contribution >= 0.6 is 22.6 Å². The molecule has 0 N–H and O–H groups in total. The number of alkyl halides is 1. The fraction of sp³-hybridized carbons (Fsp3) is 1.00. The highest BCUT2D eigenvalue weighted by atomic mass is 127. The molecule has 2 nitrogen and oxygen atoms in total. The topological polar surface area (TPSA) is 6.48 Å². The van der Waals surface area contributed by atoms with Gasteiger partial charge in [-0.25, -0.2) is 0 Å². The van der Waals surface area contributed by atoms with Gasteiger partial charge in [-0.1, -0.05) is 22.6 Å². The van der Waals surface area contributed by atoms with Crippen molar-refractivity contribution in [2.45, 2.75) is 38.8 Å². The predicted octanol–water partition coefficient (Wildman–Crippen LogP) is 2.23. The first-order chi connectivity index (χ1) is 6.65. The number of likely N-dealkylation sites (tertiary alicyclic amines) is 1. The van der Waals surface area contributed by atoms with Crippen LogP contribution in [0.4, 0.5) is 0 Å². The lowest BCUT2D eigenvalue weighted by Crippen LogP contribution is -2.47. The molecule has 0 aromatic carbocycles. The molecule has 1 heterocycles. The average molecular weight is 310 g/mol. The molecule has 1 saturated heterocycles. The molecule has 1 atom stereocenters. The molecule has 3 heteroatoms. The zero-order valence-corrected chi connectivity index (χ0v) is 11.8. The van der Waals surface area contributed by atoms with Crippen molar-refractivity contribution in [1.82, 2.24) is 9.80 Å². The highest BCUT2D eigenvalue weighted by Gasteiger charge is 2.22. The summed E-state index contributed by atoms with van der Waals surface area (Å²) in [6.45, 7) is 8.44. The molecule has 0 spiro atoms. The molecular formula is C11H23IN2. The van der Waals surface area contributed by atoms with E-state index in [0.717, 1.165) is 6.04 Å². The van der Waals surface area contributed by atoms with Gasteiger partial charge in [0.05, 0.1) is 0 Å². The van der Waals surface area contributed by atoms with Gasteiger partial charge in [-0.3, -0.25) is 4.90 Å². The summed E-state index contributed by atoms with van der Waals surface area (Å²) in [6.07, 6.45) is 2.74. The maximum atomic E-state index is 2.63. The maximum Gasteiger partial charge on any atom is 0.0197 e. The molecule has 14 heavy (non-hydrogen) atoms. The van der Waals surface area contributed by atoms with Gasteiger partial charge in [0.25, 0.3) is 0 Å². The van der Waals surface area contributed by atoms with Gasteiger partial charge in [-0.2, -0.15) is 0 Å². The highest BCUT2D eigenvalue weighted by molar-refractivity contribution is 14.1. The number of halogens is 1. The van der Waals surface area contributed by atoms with Gasteiger partial charge in [0.2, 0.25) is 0 Å². The summed E-state index contributed by atoms with van der Waals surface area (Å²) >= 11 is 2.53. The van der Waals surface area contributed by atoms with Crippen molar-refractivity contribution in [3.05, 3.63) is 0 Å². The summed E-state index contributed by atoms with van der Waals surface area (Å²) in [6, 6.07) is 1.51. The molecule has 0 amide bonds. The van der Waals surface area contributed by atoms with E-state index in [1.807, 2.05) is 0 Å². The van der Waals surface area contributed by atoms with Gasteiger partial charge in [-0.15, -0.1) is 0 Å². The van der Waals surface area contributed by atoms with E-state index in [1.165, 1.54) is 36.9 Å². The zero-order chi connectivity index (χ0) is 10.6. The molecule has 1 fully saturated rings. The third-order valence-corrected chi connectivity index (χ3v) is 4.30. The fourth-order valence-electron chi connectivity index (χ4n) is 1.67. The van der Waals surface area contributed by atoms with E-state index in [4.69, 9.17) is 0 Å². The smallest absolute Gasteiger partial charge is 0.0197 e. The molecule has 1 aliphatic rings. The zero-order valence-electron chi connectivity index (χ0n) is 9.67.